The Hall–Kier alpha value is -0.810. The Morgan fingerprint density at radius 2 is 2.15 bits per heavy atom. The van der Waals surface area contributed by atoms with Crippen molar-refractivity contribution in [3.05, 3.63) is 0 Å². The lowest BCUT2D eigenvalue weighted by molar-refractivity contribution is -0.169. The lowest BCUT2D eigenvalue weighted by Gasteiger charge is -2.60. The van der Waals surface area contributed by atoms with Gasteiger partial charge in [-0.1, -0.05) is 13.3 Å². The van der Waals surface area contributed by atoms with E-state index in [1.165, 1.54) is 6.42 Å². The number of aliphatic hydroxyl groups is 1. The fraction of sp³-hybridized carbons (Fsp3) is 0.933. The normalized spacial score (nSPS) is 30.0. The lowest BCUT2D eigenvalue weighted by Crippen LogP contribution is -2.68. The van der Waals surface area contributed by atoms with Gasteiger partial charge in [0.25, 0.3) is 0 Å². The smallest absolute Gasteiger partial charge is 0.315 e. The van der Waals surface area contributed by atoms with E-state index in [1.54, 1.807) is 0 Å². The van der Waals surface area contributed by atoms with E-state index < -0.39 is 0 Å². The highest BCUT2D eigenvalue weighted by Crippen LogP contribution is 2.57. The van der Waals surface area contributed by atoms with E-state index in [0.717, 1.165) is 25.9 Å². The Labute approximate surface area is 121 Å². The summed E-state index contributed by atoms with van der Waals surface area (Å²) in [5.41, 5.74) is 0.194. The highest BCUT2D eigenvalue weighted by atomic mass is 16.5. The second-order valence-corrected chi connectivity index (χ2v) is 6.39. The zero-order valence-electron chi connectivity index (χ0n) is 12.8. The summed E-state index contributed by atoms with van der Waals surface area (Å²) in [6.07, 6.45) is 4.79. The fourth-order valence-corrected chi connectivity index (χ4v) is 3.35. The molecule has 5 heteroatoms. The molecule has 0 aromatic carbocycles. The summed E-state index contributed by atoms with van der Waals surface area (Å²) in [6, 6.07) is 0.0913. The average Bonchev–Trinajstić information content (AvgIpc) is 2.34. The van der Waals surface area contributed by atoms with E-state index in [0.29, 0.717) is 6.10 Å². The van der Waals surface area contributed by atoms with Crippen molar-refractivity contribution in [2.24, 2.45) is 11.3 Å². The Morgan fingerprint density at radius 3 is 2.65 bits per heavy atom. The summed E-state index contributed by atoms with van der Waals surface area (Å²) >= 11 is 0. The monoisotopic (exact) mass is 284 g/mol. The second kappa shape index (κ2) is 6.31. The molecule has 2 fully saturated rings. The van der Waals surface area contributed by atoms with Crippen molar-refractivity contribution >= 4 is 6.03 Å². The molecule has 2 aliphatic rings. The van der Waals surface area contributed by atoms with Gasteiger partial charge < -0.3 is 20.5 Å². The molecule has 0 heterocycles. The van der Waals surface area contributed by atoms with Crippen molar-refractivity contribution in [3.63, 3.8) is 0 Å². The molecule has 0 aromatic rings. The molecular weight excluding hydrogens is 256 g/mol. The van der Waals surface area contributed by atoms with E-state index in [9.17, 15) is 4.79 Å². The van der Waals surface area contributed by atoms with Crippen molar-refractivity contribution in [1.82, 2.24) is 10.6 Å². The predicted octanol–water partition coefficient (Wildman–Crippen LogP) is 1.65. The number of urea groups is 1. The molecule has 2 aliphatic carbocycles. The molecule has 5 nitrogen and oxygen atoms in total. The van der Waals surface area contributed by atoms with Gasteiger partial charge in [-0.05, 0) is 39.0 Å². The molecule has 0 radical (unpaired) electrons. The highest BCUT2D eigenvalue weighted by Gasteiger charge is 2.59. The third-order valence-electron chi connectivity index (χ3n) is 5.24. The Morgan fingerprint density at radius 1 is 1.45 bits per heavy atom. The average molecular weight is 284 g/mol. The molecule has 2 amide bonds. The molecule has 2 saturated carbocycles. The number of rotatable bonds is 6. The van der Waals surface area contributed by atoms with Crippen LogP contribution < -0.4 is 10.6 Å². The van der Waals surface area contributed by atoms with Gasteiger partial charge in [0.05, 0.1) is 6.10 Å². The zero-order valence-corrected chi connectivity index (χ0v) is 12.8. The number of aliphatic hydroxyl groups excluding tert-OH is 1. The first-order valence-corrected chi connectivity index (χ1v) is 7.83. The largest absolute Gasteiger partial charge is 0.396 e. The quantitative estimate of drug-likeness (QED) is 0.694. The van der Waals surface area contributed by atoms with Gasteiger partial charge >= 0.3 is 6.03 Å². The van der Waals surface area contributed by atoms with Crippen molar-refractivity contribution in [3.8, 4) is 0 Å². The summed E-state index contributed by atoms with van der Waals surface area (Å²) in [7, 11) is 0. The number of hydrogen-bond donors (Lipinski definition) is 3. The lowest BCUT2D eigenvalue weighted by atomic mass is 9.51. The van der Waals surface area contributed by atoms with Crippen molar-refractivity contribution in [2.75, 3.05) is 13.2 Å². The Balaban J connectivity index is 1.81. The number of carbonyl (C=O) groups is 1. The second-order valence-electron chi connectivity index (χ2n) is 6.39. The van der Waals surface area contributed by atoms with Gasteiger partial charge in [-0.15, -0.1) is 0 Å². The minimum Gasteiger partial charge on any atom is -0.396 e. The van der Waals surface area contributed by atoms with Gasteiger partial charge in [-0.2, -0.15) is 0 Å². The van der Waals surface area contributed by atoms with Gasteiger partial charge in [0.2, 0.25) is 0 Å². The summed E-state index contributed by atoms with van der Waals surface area (Å²) < 4.78 is 5.78. The van der Waals surface area contributed by atoms with Crippen LogP contribution in [0.4, 0.5) is 4.79 Å². The van der Waals surface area contributed by atoms with Crippen LogP contribution in [-0.2, 0) is 4.74 Å². The maximum absolute atomic E-state index is 12.0. The molecule has 116 valence electrons. The summed E-state index contributed by atoms with van der Waals surface area (Å²) in [5.74, 6) is 0.0657. The molecular formula is C15H28N2O3. The summed E-state index contributed by atoms with van der Waals surface area (Å²) in [6.45, 7) is 6.70. The van der Waals surface area contributed by atoms with Crippen LogP contribution in [0, 0.1) is 11.3 Å². The van der Waals surface area contributed by atoms with Crippen LogP contribution in [0.2, 0.25) is 0 Å². The third-order valence-corrected chi connectivity index (χ3v) is 5.24. The molecule has 20 heavy (non-hydrogen) atoms. The third kappa shape index (κ3) is 2.79. The SMILES string of the molecule is CCOC1CC(NC(=O)NC(C)C(C)CO)C12CCC2. The molecule has 2 rings (SSSR count). The minimum atomic E-state index is -0.121. The number of carbonyl (C=O) groups excluding carboxylic acids is 1. The van der Waals surface area contributed by atoms with E-state index in [2.05, 4.69) is 10.6 Å². The summed E-state index contributed by atoms with van der Waals surface area (Å²) in [4.78, 5) is 12.0. The summed E-state index contributed by atoms with van der Waals surface area (Å²) in [5, 5.41) is 15.1. The van der Waals surface area contributed by atoms with Crippen LogP contribution in [0.3, 0.4) is 0 Å². The van der Waals surface area contributed by atoms with E-state index in [-0.39, 0.29) is 36.1 Å². The van der Waals surface area contributed by atoms with Crippen LogP contribution in [0.25, 0.3) is 0 Å². The first-order chi connectivity index (χ1) is 9.53. The maximum Gasteiger partial charge on any atom is 0.315 e. The molecule has 4 unspecified atom stereocenters. The topological polar surface area (TPSA) is 70.6 Å². The molecule has 1 spiro atoms. The minimum absolute atomic E-state index is 0.0277. The number of ether oxygens (including phenoxy) is 1. The maximum atomic E-state index is 12.0. The van der Waals surface area contributed by atoms with Gasteiger partial charge in [0, 0.05) is 30.7 Å². The van der Waals surface area contributed by atoms with E-state index in [4.69, 9.17) is 9.84 Å². The van der Waals surface area contributed by atoms with Crippen molar-refractivity contribution < 1.29 is 14.6 Å². The van der Waals surface area contributed by atoms with Gasteiger partial charge in [0.1, 0.15) is 0 Å². The van der Waals surface area contributed by atoms with Crippen LogP contribution in [-0.4, -0.2) is 42.5 Å². The molecule has 0 aliphatic heterocycles. The number of nitrogens with one attached hydrogen (secondary N) is 2. The molecule has 0 bridgehead atoms. The Bertz CT molecular complexity index is 344. The number of amides is 2. The first-order valence-electron chi connectivity index (χ1n) is 7.83. The van der Waals surface area contributed by atoms with Gasteiger partial charge in [-0.3, -0.25) is 0 Å². The standard InChI is InChI=1S/C15H28N2O3/c1-4-20-13-8-12(15(13)6-5-7-15)17-14(19)16-11(3)10(2)9-18/h10-13,18H,4-9H2,1-3H3,(H2,16,17,19). The Kier molecular flexibility index (Phi) is 4.91. The fourth-order valence-electron chi connectivity index (χ4n) is 3.35. The number of hydrogen-bond acceptors (Lipinski definition) is 3. The van der Waals surface area contributed by atoms with Gasteiger partial charge in [-0.25, -0.2) is 4.79 Å². The molecule has 0 aromatic heterocycles. The first kappa shape index (κ1) is 15.6. The molecule has 0 saturated heterocycles. The zero-order chi connectivity index (χ0) is 14.8. The van der Waals surface area contributed by atoms with Crippen LogP contribution >= 0.6 is 0 Å². The van der Waals surface area contributed by atoms with Crippen LogP contribution in [0.1, 0.15) is 46.5 Å². The van der Waals surface area contributed by atoms with E-state index >= 15 is 0 Å². The molecule has 4 atom stereocenters. The molecule has 3 N–H and O–H groups in total. The van der Waals surface area contributed by atoms with Crippen molar-refractivity contribution in [1.29, 1.82) is 0 Å². The van der Waals surface area contributed by atoms with Crippen LogP contribution in [0.5, 0.6) is 0 Å². The van der Waals surface area contributed by atoms with E-state index in [1.807, 2.05) is 20.8 Å². The van der Waals surface area contributed by atoms with Crippen molar-refractivity contribution in [2.45, 2.75) is 64.6 Å². The predicted molar refractivity (Wildman–Crippen MR) is 77.5 cm³/mol. The van der Waals surface area contributed by atoms with Gasteiger partial charge in [0.15, 0.2) is 0 Å². The highest BCUT2D eigenvalue weighted by molar-refractivity contribution is 5.75. The van der Waals surface area contributed by atoms with Crippen LogP contribution in [0.15, 0.2) is 0 Å².